The lowest BCUT2D eigenvalue weighted by Gasteiger charge is -2.05. The first-order chi connectivity index (χ1) is 13.0. The van der Waals surface area contributed by atoms with Gasteiger partial charge >= 0.3 is 0 Å². The lowest BCUT2D eigenvalue weighted by atomic mass is 10.1. The first-order valence-corrected chi connectivity index (χ1v) is 8.99. The van der Waals surface area contributed by atoms with E-state index in [1.807, 2.05) is 24.3 Å². The van der Waals surface area contributed by atoms with Gasteiger partial charge in [0.25, 0.3) is 11.6 Å². The number of rotatable bonds is 6. The Morgan fingerprint density at radius 2 is 1.78 bits per heavy atom. The number of carbonyl (C=O) groups excluding carboxylic acids is 2. The number of hydrogen-bond acceptors (Lipinski definition) is 5. The summed E-state index contributed by atoms with van der Waals surface area (Å²) >= 11 is 1.33. The maximum absolute atomic E-state index is 12.4. The number of ketones is 1. The molecule has 1 heterocycles. The fraction of sp³-hybridized carbons (Fsp3) is 0.100. The minimum atomic E-state index is -0.478. The zero-order valence-electron chi connectivity index (χ0n) is 14.5. The van der Waals surface area contributed by atoms with Crippen LogP contribution in [0.5, 0.6) is 0 Å². The topological polar surface area (TPSA) is 89.3 Å². The van der Waals surface area contributed by atoms with Gasteiger partial charge in [-0.3, -0.25) is 19.7 Å². The van der Waals surface area contributed by atoms with Crippen LogP contribution in [0.15, 0.2) is 60.7 Å². The second-order valence-corrected chi connectivity index (χ2v) is 7.07. The molecule has 0 bridgehead atoms. The minimum absolute atomic E-state index is 0.0196. The van der Waals surface area contributed by atoms with Crippen molar-refractivity contribution in [2.45, 2.75) is 13.5 Å². The van der Waals surface area contributed by atoms with Gasteiger partial charge in [0.05, 0.1) is 16.3 Å². The SMILES string of the molecule is Cc1cc(C(=O)NCc2ccc(C(=O)c3ccccc3)s2)ccc1[N+](=O)[O-]. The molecule has 27 heavy (non-hydrogen) atoms. The number of thiophene rings is 1. The summed E-state index contributed by atoms with van der Waals surface area (Å²) in [5.74, 6) is -0.374. The minimum Gasteiger partial charge on any atom is -0.347 e. The van der Waals surface area contributed by atoms with Gasteiger partial charge in [-0.1, -0.05) is 30.3 Å². The molecule has 7 heteroatoms. The van der Waals surface area contributed by atoms with Crippen molar-refractivity contribution >= 4 is 28.7 Å². The monoisotopic (exact) mass is 380 g/mol. The summed E-state index contributed by atoms with van der Waals surface area (Å²) in [6.45, 7) is 1.87. The molecular formula is C20H16N2O4S. The van der Waals surface area contributed by atoms with Crippen molar-refractivity contribution in [1.82, 2.24) is 5.32 Å². The highest BCUT2D eigenvalue weighted by atomic mass is 32.1. The van der Waals surface area contributed by atoms with E-state index in [4.69, 9.17) is 0 Å². The fourth-order valence-electron chi connectivity index (χ4n) is 2.60. The van der Waals surface area contributed by atoms with Gasteiger partial charge in [0.1, 0.15) is 0 Å². The smallest absolute Gasteiger partial charge is 0.272 e. The van der Waals surface area contributed by atoms with Gasteiger partial charge in [0, 0.05) is 27.6 Å². The Morgan fingerprint density at radius 3 is 2.44 bits per heavy atom. The number of nitrogens with zero attached hydrogens (tertiary/aromatic N) is 1. The van der Waals surface area contributed by atoms with Crippen LogP contribution >= 0.6 is 11.3 Å². The van der Waals surface area contributed by atoms with E-state index in [-0.39, 0.29) is 23.9 Å². The van der Waals surface area contributed by atoms with Crippen LogP contribution in [0.25, 0.3) is 0 Å². The standard InChI is InChI=1S/C20H16N2O4S/c1-13-11-15(7-9-17(13)22(25)26)20(24)21-12-16-8-10-18(27-16)19(23)14-5-3-2-4-6-14/h2-11H,12H2,1H3,(H,21,24). The Bertz CT molecular complexity index is 1010. The van der Waals surface area contributed by atoms with E-state index in [1.54, 1.807) is 25.1 Å². The first kappa shape index (κ1) is 18.5. The van der Waals surface area contributed by atoms with Crippen LogP contribution in [-0.4, -0.2) is 16.6 Å². The van der Waals surface area contributed by atoms with Crippen LogP contribution < -0.4 is 5.32 Å². The molecule has 0 aliphatic rings. The fourth-order valence-corrected chi connectivity index (χ4v) is 3.51. The summed E-state index contributed by atoms with van der Waals surface area (Å²) in [6, 6.07) is 16.8. The molecule has 3 aromatic rings. The van der Waals surface area contributed by atoms with Crippen molar-refractivity contribution in [2.24, 2.45) is 0 Å². The number of aryl methyl sites for hydroxylation is 1. The molecule has 136 valence electrons. The highest BCUT2D eigenvalue weighted by molar-refractivity contribution is 7.14. The Labute approximate surface area is 159 Å². The number of hydrogen-bond donors (Lipinski definition) is 1. The third-order valence-corrected chi connectivity index (χ3v) is 5.08. The zero-order chi connectivity index (χ0) is 19.4. The summed E-state index contributed by atoms with van der Waals surface area (Å²) in [5.41, 5.74) is 1.39. The van der Waals surface area contributed by atoms with Crippen molar-refractivity contribution in [3.8, 4) is 0 Å². The molecule has 0 saturated heterocycles. The van der Waals surface area contributed by atoms with Crippen LogP contribution in [0, 0.1) is 17.0 Å². The van der Waals surface area contributed by atoms with E-state index in [1.165, 1.54) is 29.5 Å². The third-order valence-electron chi connectivity index (χ3n) is 4.00. The molecule has 1 amide bonds. The molecular weight excluding hydrogens is 364 g/mol. The van der Waals surface area contributed by atoms with Gasteiger partial charge < -0.3 is 5.32 Å². The molecule has 1 aromatic heterocycles. The Kier molecular flexibility index (Phi) is 5.42. The van der Waals surface area contributed by atoms with E-state index >= 15 is 0 Å². The number of carbonyl (C=O) groups is 2. The second kappa shape index (κ2) is 7.92. The van der Waals surface area contributed by atoms with Gasteiger partial charge in [-0.15, -0.1) is 11.3 Å². The maximum Gasteiger partial charge on any atom is 0.272 e. The molecule has 0 saturated carbocycles. The lowest BCUT2D eigenvalue weighted by Crippen LogP contribution is -2.22. The lowest BCUT2D eigenvalue weighted by molar-refractivity contribution is -0.385. The molecule has 0 unspecified atom stereocenters. The van der Waals surface area contributed by atoms with Crippen LogP contribution in [0.3, 0.4) is 0 Å². The van der Waals surface area contributed by atoms with Crippen LogP contribution in [0.2, 0.25) is 0 Å². The summed E-state index contributed by atoms with van der Waals surface area (Å²) in [5, 5.41) is 13.6. The third kappa shape index (κ3) is 4.27. The molecule has 3 rings (SSSR count). The van der Waals surface area contributed by atoms with Crippen LogP contribution in [0.1, 0.15) is 36.0 Å². The van der Waals surface area contributed by atoms with Crippen molar-refractivity contribution in [2.75, 3.05) is 0 Å². The zero-order valence-corrected chi connectivity index (χ0v) is 15.3. The maximum atomic E-state index is 12.4. The van der Waals surface area contributed by atoms with E-state index in [9.17, 15) is 19.7 Å². The second-order valence-electron chi connectivity index (χ2n) is 5.90. The quantitative estimate of drug-likeness (QED) is 0.396. The largest absolute Gasteiger partial charge is 0.347 e. The van der Waals surface area contributed by atoms with Crippen LogP contribution in [0.4, 0.5) is 5.69 Å². The molecule has 1 N–H and O–H groups in total. The number of amides is 1. The molecule has 0 aliphatic carbocycles. The Balaban J connectivity index is 1.65. The van der Waals surface area contributed by atoms with Gasteiger partial charge in [0.2, 0.25) is 5.78 Å². The predicted octanol–water partition coefficient (Wildman–Crippen LogP) is 4.13. The summed E-state index contributed by atoms with van der Waals surface area (Å²) < 4.78 is 0. The molecule has 2 aromatic carbocycles. The summed E-state index contributed by atoms with van der Waals surface area (Å²) in [7, 11) is 0. The van der Waals surface area contributed by atoms with E-state index in [0.29, 0.717) is 21.6 Å². The predicted molar refractivity (Wildman–Crippen MR) is 103 cm³/mol. The molecule has 0 atom stereocenters. The van der Waals surface area contributed by atoms with E-state index in [0.717, 1.165) is 4.88 Å². The molecule has 0 radical (unpaired) electrons. The summed E-state index contributed by atoms with van der Waals surface area (Å²) in [4.78, 5) is 36.5. The molecule has 0 fully saturated rings. The molecule has 0 spiro atoms. The first-order valence-electron chi connectivity index (χ1n) is 8.17. The normalized spacial score (nSPS) is 10.4. The van der Waals surface area contributed by atoms with Crippen molar-refractivity contribution < 1.29 is 14.5 Å². The van der Waals surface area contributed by atoms with Gasteiger partial charge in [-0.05, 0) is 31.2 Å². The molecule has 0 aliphatic heterocycles. The van der Waals surface area contributed by atoms with Crippen molar-refractivity contribution in [1.29, 1.82) is 0 Å². The molecule has 6 nitrogen and oxygen atoms in total. The average molecular weight is 380 g/mol. The number of nitrogens with one attached hydrogen (secondary N) is 1. The highest BCUT2D eigenvalue weighted by Gasteiger charge is 2.15. The summed E-state index contributed by atoms with van der Waals surface area (Å²) in [6.07, 6.45) is 0. The average Bonchev–Trinajstić information content (AvgIpc) is 3.14. The van der Waals surface area contributed by atoms with E-state index < -0.39 is 4.92 Å². The van der Waals surface area contributed by atoms with Crippen molar-refractivity contribution in [3.05, 3.63) is 97.2 Å². The van der Waals surface area contributed by atoms with Crippen LogP contribution in [-0.2, 0) is 6.54 Å². The number of benzene rings is 2. The number of nitro groups is 1. The number of nitro benzene ring substituents is 1. The van der Waals surface area contributed by atoms with Gasteiger partial charge in [-0.25, -0.2) is 0 Å². The highest BCUT2D eigenvalue weighted by Crippen LogP contribution is 2.21. The van der Waals surface area contributed by atoms with Gasteiger partial charge in [-0.2, -0.15) is 0 Å². The van der Waals surface area contributed by atoms with Crippen molar-refractivity contribution in [3.63, 3.8) is 0 Å². The van der Waals surface area contributed by atoms with Gasteiger partial charge in [0.15, 0.2) is 0 Å². The van der Waals surface area contributed by atoms with E-state index in [2.05, 4.69) is 5.32 Å². The Morgan fingerprint density at radius 1 is 1.04 bits per heavy atom. The Hall–Kier alpha value is -3.32.